The molecule has 2 aliphatic carbocycles. The van der Waals surface area contributed by atoms with Crippen molar-refractivity contribution in [3.63, 3.8) is 0 Å². The van der Waals surface area contributed by atoms with E-state index in [1.807, 2.05) is 0 Å². The predicted molar refractivity (Wildman–Crippen MR) is 60.4 cm³/mol. The average Bonchev–Trinajstić information content (AvgIpc) is 2.18. The molecule has 0 bridgehead atoms. The lowest BCUT2D eigenvalue weighted by Gasteiger charge is -2.40. The van der Waals surface area contributed by atoms with Gasteiger partial charge in [-0.1, -0.05) is 25.7 Å². The molecule has 3 N–H and O–H groups in total. The van der Waals surface area contributed by atoms with Gasteiger partial charge in [0.05, 0.1) is 5.41 Å². The summed E-state index contributed by atoms with van der Waals surface area (Å²) in [6.07, 6.45) is 9.31. The quantitative estimate of drug-likeness (QED) is 0.743. The second-order valence-corrected chi connectivity index (χ2v) is 5.15. The predicted octanol–water partition coefficient (Wildman–Crippen LogP) is 1.56. The summed E-state index contributed by atoms with van der Waals surface area (Å²) in [6.45, 7) is 0.519. The molecular formula is C12H22N2O. The second kappa shape index (κ2) is 4.52. The molecule has 0 aromatic rings. The van der Waals surface area contributed by atoms with Crippen LogP contribution in [0.5, 0.6) is 0 Å². The highest BCUT2D eigenvalue weighted by atomic mass is 16.2. The highest BCUT2D eigenvalue weighted by Crippen LogP contribution is 2.40. The maximum absolute atomic E-state index is 12.1. The third-order valence-corrected chi connectivity index (χ3v) is 4.12. The molecule has 2 fully saturated rings. The van der Waals surface area contributed by atoms with Crippen molar-refractivity contribution in [2.45, 2.75) is 57.4 Å². The minimum Gasteiger partial charge on any atom is -0.353 e. The molecule has 0 unspecified atom stereocenters. The Hall–Kier alpha value is -0.570. The van der Waals surface area contributed by atoms with E-state index in [9.17, 15) is 4.79 Å². The van der Waals surface area contributed by atoms with Gasteiger partial charge >= 0.3 is 0 Å². The number of carbonyl (C=O) groups excluding carboxylic acids is 1. The van der Waals surface area contributed by atoms with Gasteiger partial charge in [-0.25, -0.2) is 0 Å². The third kappa shape index (κ3) is 2.17. The lowest BCUT2D eigenvalue weighted by Crippen LogP contribution is -2.53. The zero-order chi connectivity index (χ0) is 10.7. The van der Waals surface area contributed by atoms with Crippen LogP contribution in [-0.4, -0.2) is 18.5 Å². The summed E-state index contributed by atoms with van der Waals surface area (Å²) < 4.78 is 0. The molecule has 3 heteroatoms. The Balaban J connectivity index is 1.85. The molecule has 1 amide bonds. The van der Waals surface area contributed by atoms with Crippen LogP contribution in [0.2, 0.25) is 0 Å². The van der Waals surface area contributed by atoms with Crippen LogP contribution in [0.15, 0.2) is 0 Å². The summed E-state index contributed by atoms with van der Waals surface area (Å²) in [5, 5.41) is 3.19. The SMILES string of the molecule is NCC1(C(=O)NC2CCCCC2)CCC1. The van der Waals surface area contributed by atoms with Crippen LogP contribution in [-0.2, 0) is 4.79 Å². The smallest absolute Gasteiger partial charge is 0.227 e. The zero-order valence-corrected chi connectivity index (χ0v) is 9.43. The maximum atomic E-state index is 12.1. The summed E-state index contributed by atoms with van der Waals surface area (Å²) in [6, 6.07) is 0.426. The Bertz CT molecular complexity index is 224. The van der Waals surface area contributed by atoms with Crippen molar-refractivity contribution in [2.24, 2.45) is 11.1 Å². The number of hydrogen-bond donors (Lipinski definition) is 2. The summed E-state index contributed by atoms with van der Waals surface area (Å²) in [4.78, 5) is 12.1. The van der Waals surface area contributed by atoms with Gasteiger partial charge < -0.3 is 11.1 Å². The average molecular weight is 210 g/mol. The molecule has 0 radical (unpaired) electrons. The van der Waals surface area contributed by atoms with Gasteiger partial charge in [-0.2, -0.15) is 0 Å². The normalized spacial score (nSPS) is 25.7. The van der Waals surface area contributed by atoms with E-state index in [1.165, 1.54) is 19.3 Å². The molecule has 0 aromatic carbocycles. The number of amides is 1. The lowest BCUT2D eigenvalue weighted by atomic mass is 9.68. The van der Waals surface area contributed by atoms with Gasteiger partial charge in [-0.3, -0.25) is 4.79 Å². The van der Waals surface area contributed by atoms with Crippen LogP contribution in [0, 0.1) is 5.41 Å². The first-order chi connectivity index (χ1) is 7.27. The van der Waals surface area contributed by atoms with Crippen molar-refractivity contribution in [1.29, 1.82) is 0 Å². The van der Waals surface area contributed by atoms with Crippen LogP contribution in [0.4, 0.5) is 0 Å². The highest BCUT2D eigenvalue weighted by molar-refractivity contribution is 5.84. The molecule has 0 atom stereocenters. The fourth-order valence-corrected chi connectivity index (χ4v) is 2.71. The van der Waals surface area contributed by atoms with Crippen molar-refractivity contribution >= 4 is 5.91 Å². The molecule has 0 spiro atoms. The topological polar surface area (TPSA) is 55.1 Å². The molecule has 0 aliphatic heterocycles. The van der Waals surface area contributed by atoms with Crippen LogP contribution in [0.1, 0.15) is 51.4 Å². The van der Waals surface area contributed by atoms with Crippen molar-refractivity contribution < 1.29 is 4.79 Å². The van der Waals surface area contributed by atoms with Crippen molar-refractivity contribution in [2.75, 3.05) is 6.54 Å². The van der Waals surface area contributed by atoms with Crippen molar-refractivity contribution in [3.8, 4) is 0 Å². The van der Waals surface area contributed by atoms with Gasteiger partial charge in [-0.05, 0) is 25.7 Å². The third-order valence-electron chi connectivity index (χ3n) is 4.12. The van der Waals surface area contributed by atoms with Gasteiger partial charge in [0.1, 0.15) is 0 Å². The first-order valence-corrected chi connectivity index (χ1v) is 6.28. The molecule has 3 nitrogen and oxygen atoms in total. The van der Waals surface area contributed by atoms with Gasteiger partial charge in [0.15, 0.2) is 0 Å². The van der Waals surface area contributed by atoms with Gasteiger partial charge in [0, 0.05) is 12.6 Å². The first-order valence-electron chi connectivity index (χ1n) is 6.28. The lowest BCUT2D eigenvalue weighted by molar-refractivity contribution is -0.136. The second-order valence-electron chi connectivity index (χ2n) is 5.15. The number of carbonyl (C=O) groups is 1. The monoisotopic (exact) mass is 210 g/mol. The molecule has 86 valence electrons. The van der Waals surface area contributed by atoms with E-state index in [4.69, 9.17) is 5.73 Å². The molecule has 2 aliphatic rings. The molecule has 0 heterocycles. The zero-order valence-electron chi connectivity index (χ0n) is 9.43. The number of nitrogens with one attached hydrogen (secondary N) is 1. The van der Waals surface area contributed by atoms with E-state index in [2.05, 4.69) is 5.32 Å². The van der Waals surface area contributed by atoms with Crippen LogP contribution < -0.4 is 11.1 Å². The maximum Gasteiger partial charge on any atom is 0.227 e. The molecule has 15 heavy (non-hydrogen) atoms. The molecule has 2 saturated carbocycles. The van der Waals surface area contributed by atoms with E-state index in [1.54, 1.807) is 0 Å². The molecular weight excluding hydrogens is 188 g/mol. The van der Waals surface area contributed by atoms with Crippen LogP contribution in [0.3, 0.4) is 0 Å². The molecule has 0 aromatic heterocycles. The summed E-state index contributed by atoms with van der Waals surface area (Å²) in [5.74, 6) is 0.225. The first kappa shape index (κ1) is 10.9. The van der Waals surface area contributed by atoms with Crippen LogP contribution >= 0.6 is 0 Å². The van der Waals surface area contributed by atoms with Gasteiger partial charge in [0.2, 0.25) is 5.91 Å². The number of rotatable bonds is 3. The Morgan fingerprint density at radius 1 is 1.20 bits per heavy atom. The fraction of sp³-hybridized carbons (Fsp3) is 0.917. The van der Waals surface area contributed by atoms with E-state index in [-0.39, 0.29) is 11.3 Å². The number of nitrogens with two attached hydrogens (primary N) is 1. The molecule has 2 rings (SSSR count). The van der Waals surface area contributed by atoms with Gasteiger partial charge in [-0.15, -0.1) is 0 Å². The van der Waals surface area contributed by atoms with Crippen molar-refractivity contribution in [3.05, 3.63) is 0 Å². The summed E-state index contributed by atoms with van der Waals surface area (Å²) in [5.41, 5.74) is 5.52. The van der Waals surface area contributed by atoms with Crippen LogP contribution in [0.25, 0.3) is 0 Å². The Kier molecular flexibility index (Phi) is 3.29. The Morgan fingerprint density at radius 2 is 1.87 bits per heavy atom. The largest absolute Gasteiger partial charge is 0.353 e. The fourth-order valence-electron chi connectivity index (χ4n) is 2.71. The van der Waals surface area contributed by atoms with Gasteiger partial charge in [0.25, 0.3) is 0 Å². The highest BCUT2D eigenvalue weighted by Gasteiger charge is 2.43. The molecule has 0 saturated heterocycles. The summed E-state index contributed by atoms with van der Waals surface area (Å²) in [7, 11) is 0. The van der Waals surface area contributed by atoms with Crippen molar-refractivity contribution in [1.82, 2.24) is 5.32 Å². The summed E-state index contributed by atoms with van der Waals surface area (Å²) >= 11 is 0. The Labute approximate surface area is 91.8 Å². The van der Waals surface area contributed by atoms with E-state index in [0.29, 0.717) is 12.6 Å². The van der Waals surface area contributed by atoms with E-state index >= 15 is 0 Å². The Morgan fingerprint density at radius 3 is 2.33 bits per heavy atom. The van der Waals surface area contributed by atoms with E-state index < -0.39 is 0 Å². The minimum atomic E-state index is -0.197. The minimum absolute atomic E-state index is 0.197. The standard InChI is InChI=1S/C12H22N2O/c13-9-12(7-4-8-12)11(15)14-10-5-2-1-3-6-10/h10H,1-9,13H2,(H,14,15). The number of hydrogen-bond acceptors (Lipinski definition) is 2. The van der Waals surface area contributed by atoms with E-state index in [0.717, 1.165) is 32.1 Å².